The van der Waals surface area contributed by atoms with E-state index in [2.05, 4.69) is 34.5 Å². The van der Waals surface area contributed by atoms with Crippen molar-refractivity contribution in [3.05, 3.63) is 83.6 Å². The molecule has 0 bridgehead atoms. The van der Waals surface area contributed by atoms with Gasteiger partial charge in [-0.05, 0) is 69.0 Å². The van der Waals surface area contributed by atoms with Crippen molar-refractivity contribution >= 4 is 23.0 Å². The number of benzene rings is 2. The summed E-state index contributed by atoms with van der Waals surface area (Å²) in [6.07, 6.45) is 6.02. The summed E-state index contributed by atoms with van der Waals surface area (Å²) in [5, 5.41) is 11.7. The van der Waals surface area contributed by atoms with Crippen LogP contribution in [0, 0.1) is 18.8 Å². The molecule has 33 heavy (non-hydrogen) atoms. The van der Waals surface area contributed by atoms with Gasteiger partial charge in [-0.15, -0.1) is 0 Å². The third kappa shape index (κ3) is 4.84. The fourth-order valence-electron chi connectivity index (χ4n) is 4.21. The predicted octanol–water partition coefficient (Wildman–Crippen LogP) is 4.86. The average Bonchev–Trinajstić information content (AvgIpc) is 3.31. The maximum absolute atomic E-state index is 6.08. The summed E-state index contributed by atoms with van der Waals surface area (Å²) in [5.74, 6) is 8.23. The van der Waals surface area contributed by atoms with Crippen molar-refractivity contribution in [2.45, 2.75) is 44.7 Å². The van der Waals surface area contributed by atoms with E-state index in [1.165, 1.54) is 0 Å². The standard InChI is InChI=1S/C27H28N6/c1-19-26(30-23-15-11-22(28)12-16-23)32-25-17-18-29-33(25)27(19)31-24-13-9-21(10-14-24)8-7-20-5-3-2-4-6-20/h2-6,9-10,13-14,17-18,22-23,31H,11-12,15-16,28H2,1H3,(H,30,32)/t22-,23-. The minimum absolute atomic E-state index is 0.326. The Balaban J connectivity index is 1.37. The molecule has 2 heterocycles. The third-order valence-corrected chi connectivity index (χ3v) is 6.16. The van der Waals surface area contributed by atoms with Crippen molar-refractivity contribution in [3.63, 3.8) is 0 Å². The minimum Gasteiger partial charge on any atom is -0.367 e. The van der Waals surface area contributed by atoms with Gasteiger partial charge in [0.15, 0.2) is 5.65 Å². The molecule has 1 aliphatic rings. The van der Waals surface area contributed by atoms with Crippen LogP contribution in [0.1, 0.15) is 42.4 Å². The highest BCUT2D eigenvalue weighted by atomic mass is 15.3. The first-order chi connectivity index (χ1) is 16.2. The average molecular weight is 437 g/mol. The first kappa shape index (κ1) is 21.0. The lowest BCUT2D eigenvalue weighted by molar-refractivity contribution is 0.410. The van der Waals surface area contributed by atoms with E-state index in [-0.39, 0.29) is 0 Å². The zero-order valence-electron chi connectivity index (χ0n) is 18.8. The minimum atomic E-state index is 0.326. The first-order valence-corrected chi connectivity index (χ1v) is 11.5. The highest BCUT2D eigenvalue weighted by Gasteiger charge is 2.21. The Morgan fingerprint density at radius 2 is 1.61 bits per heavy atom. The van der Waals surface area contributed by atoms with Gasteiger partial charge < -0.3 is 16.4 Å². The Morgan fingerprint density at radius 3 is 2.33 bits per heavy atom. The number of nitrogens with two attached hydrogens (primary N) is 1. The molecule has 0 unspecified atom stereocenters. The Morgan fingerprint density at radius 1 is 0.909 bits per heavy atom. The molecule has 1 fully saturated rings. The first-order valence-electron chi connectivity index (χ1n) is 11.5. The van der Waals surface area contributed by atoms with Crippen LogP contribution in [0.25, 0.3) is 5.65 Å². The lowest BCUT2D eigenvalue weighted by atomic mass is 9.92. The monoisotopic (exact) mass is 436 g/mol. The third-order valence-electron chi connectivity index (χ3n) is 6.16. The van der Waals surface area contributed by atoms with Crippen molar-refractivity contribution in [1.29, 1.82) is 0 Å². The molecule has 0 aliphatic heterocycles. The lowest BCUT2D eigenvalue weighted by Crippen LogP contribution is -2.33. The normalized spacial score (nSPS) is 17.9. The van der Waals surface area contributed by atoms with Crippen molar-refractivity contribution in [3.8, 4) is 11.8 Å². The zero-order valence-corrected chi connectivity index (χ0v) is 18.8. The molecule has 2 aromatic carbocycles. The van der Waals surface area contributed by atoms with E-state index in [4.69, 9.17) is 10.7 Å². The molecule has 1 saturated carbocycles. The Bertz CT molecular complexity index is 1290. The number of hydrogen-bond donors (Lipinski definition) is 3. The molecular formula is C27H28N6. The second-order valence-corrected chi connectivity index (χ2v) is 8.61. The van der Waals surface area contributed by atoms with Gasteiger partial charge in [0, 0.05) is 40.5 Å². The van der Waals surface area contributed by atoms with Crippen LogP contribution in [0.5, 0.6) is 0 Å². The number of rotatable bonds is 4. The molecule has 0 radical (unpaired) electrons. The predicted molar refractivity (Wildman–Crippen MR) is 134 cm³/mol. The molecule has 0 amide bonds. The highest BCUT2D eigenvalue weighted by Crippen LogP contribution is 2.29. The van der Waals surface area contributed by atoms with E-state index in [0.717, 1.165) is 65.3 Å². The van der Waals surface area contributed by atoms with Gasteiger partial charge in [0.05, 0.1) is 6.20 Å². The van der Waals surface area contributed by atoms with Crippen LogP contribution < -0.4 is 16.4 Å². The summed E-state index contributed by atoms with van der Waals surface area (Å²) in [5.41, 5.74) is 10.9. The van der Waals surface area contributed by atoms with Gasteiger partial charge in [0.25, 0.3) is 0 Å². The van der Waals surface area contributed by atoms with Crippen molar-refractivity contribution < 1.29 is 0 Å². The summed E-state index contributed by atoms with van der Waals surface area (Å²) < 4.78 is 1.85. The Labute approximate surface area is 194 Å². The number of nitrogens with one attached hydrogen (secondary N) is 2. The van der Waals surface area contributed by atoms with Crippen LogP contribution in [-0.4, -0.2) is 26.7 Å². The van der Waals surface area contributed by atoms with Crippen molar-refractivity contribution in [2.24, 2.45) is 5.73 Å². The Hall–Kier alpha value is -3.82. The molecular weight excluding hydrogens is 408 g/mol. The number of nitrogens with zero attached hydrogens (tertiary/aromatic N) is 3. The summed E-state index contributed by atoms with van der Waals surface area (Å²) >= 11 is 0. The van der Waals surface area contributed by atoms with E-state index < -0.39 is 0 Å². The van der Waals surface area contributed by atoms with Gasteiger partial charge in [-0.2, -0.15) is 9.61 Å². The lowest BCUT2D eigenvalue weighted by Gasteiger charge is -2.28. The maximum Gasteiger partial charge on any atom is 0.159 e. The summed E-state index contributed by atoms with van der Waals surface area (Å²) in [6.45, 7) is 2.08. The van der Waals surface area contributed by atoms with Gasteiger partial charge in [0.2, 0.25) is 0 Å². The molecule has 4 aromatic rings. The smallest absolute Gasteiger partial charge is 0.159 e. The van der Waals surface area contributed by atoms with Crippen LogP contribution in [0.3, 0.4) is 0 Å². The quantitative estimate of drug-likeness (QED) is 0.398. The maximum atomic E-state index is 6.08. The van der Waals surface area contributed by atoms with Gasteiger partial charge >= 0.3 is 0 Å². The fourth-order valence-corrected chi connectivity index (χ4v) is 4.21. The summed E-state index contributed by atoms with van der Waals surface area (Å²) in [7, 11) is 0. The van der Waals surface area contributed by atoms with E-state index in [0.29, 0.717) is 12.1 Å². The number of fused-ring (bicyclic) bond motifs is 1. The number of aromatic nitrogens is 3. The molecule has 6 nitrogen and oxygen atoms in total. The van der Waals surface area contributed by atoms with Crippen LogP contribution in [0.2, 0.25) is 0 Å². The molecule has 0 atom stereocenters. The molecule has 0 saturated heterocycles. The molecule has 5 rings (SSSR count). The molecule has 4 N–H and O–H groups in total. The molecule has 6 heteroatoms. The van der Waals surface area contributed by atoms with E-state index in [1.54, 1.807) is 6.20 Å². The molecule has 1 aliphatic carbocycles. The summed E-state index contributed by atoms with van der Waals surface area (Å²) in [6, 6.07) is 20.8. The second kappa shape index (κ2) is 9.35. The largest absolute Gasteiger partial charge is 0.367 e. The van der Waals surface area contributed by atoms with Gasteiger partial charge in [-0.3, -0.25) is 0 Å². The van der Waals surface area contributed by atoms with Crippen molar-refractivity contribution in [1.82, 2.24) is 14.6 Å². The second-order valence-electron chi connectivity index (χ2n) is 8.61. The topological polar surface area (TPSA) is 80.3 Å². The van der Waals surface area contributed by atoms with Gasteiger partial charge in [-0.25, -0.2) is 4.98 Å². The molecule has 0 spiro atoms. The van der Waals surface area contributed by atoms with Crippen LogP contribution in [-0.2, 0) is 0 Å². The molecule has 166 valence electrons. The van der Waals surface area contributed by atoms with Crippen LogP contribution in [0.15, 0.2) is 66.9 Å². The number of anilines is 3. The Kier molecular flexibility index (Phi) is 5.97. The number of hydrogen-bond acceptors (Lipinski definition) is 5. The van der Waals surface area contributed by atoms with E-state index in [1.807, 2.05) is 65.2 Å². The summed E-state index contributed by atoms with van der Waals surface area (Å²) in [4.78, 5) is 4.82. The van der Waals surface area contributed by atoms with Crippen molar-refractivity contribution in [2.75, 3.05) is 10.6 Å². The highest BCUT2D eigenvalue weighted by molar-refractivity contribution is 5.69. The fraction of sp³-hybridized carbons (Fsp3) is 0.259. The molecule has 2 aromatic heterocycles. The van der Waals surface area contributed by atoms with Crippen LogP contribution >= 0.6 is 0 Å². The zero-order chi connectivity index (χ0) is 22.6. The van der Waals surface area contributed by atoms with Gasteiger partial charge in [0.1, 0.15) is 11.6 Å². The van der Waals surface area contributed by atoms with E-state index >= 15 is 0 Å². The van der Waals surface area contributed by atoms with E-state index in [9.17, 15) is 0 Å². The SMILES string of the molecule is Cc1c(N[C@H]2CC[C@H](N)CC2)nc2ccnn2c1Nc1ccc(C#Cc2ccccc2)cc1. The van der Waals surface area contributed by atoms with Crippen LogP contribution in [0.4, 0.5) is 17.3 Å². The van der Waals surface area contributed by atoms with Gasteiger partial charge in [-0.1, -0.05) is 30.0 Å².